The number of rotatable bonds is 7. The third-order valence-corrected chi connectivity index (χ3v) is 6.53. The Bertz CT molecular complexity index is 1220. The first-order valence-electron chi connectivity index (χ1n) is 9.25. The molecule has 0 unspecified atom stereocenters. The van der Waals surface area contributed by atoms with E-state index in [0.29, 0.717) is 11.4 Å². The number of nitro benzene ring substituents is 2. The number of hydrogen-bond acceptors (Lipinski definition) is 8. The predicted octanol–water partition coefficient (Wildman–Crippen LogP) is 6.79. The molecule has 0 bridgehead atoms. The SMILES string of the molecule is O=[N+]([O-])c1ccc(N=Cc2ccc(-c3ccc(C=Nc4ccc([N+](=O)[O-])cc4)s3)s2)cc1. The zero-order chi connectivity index (χ0) is 22.5. The Kier molecular flexibility index (Phi) is 6.24. The molecule has 4 aromatic rings. The molecule has 0 fully saturated rings. The highest BCUT2D eigenvalue weighted by molar-refractivity contribution is 7.23. The molecule has 0 aliphatic rings. The first kappa shape index (κ1) is 21.2. The van der Waals surface area contributed by atoms with Crippen LogP contribution in [0.3, 0.4) is 0 Å². The molecular formula is C22H14N4O4S2. The fraction of sp³-hybridized carbons (Fsp3) is 0. The van der Waals surface area contributed by atoms with Crippen LogP contribution in [0.4, 0.5) is 22.7 Å². The minimum atomic E-state index is -0.440. The number of thiophene rings is 2. The molecule has 0 spiro atoms. The molecule has 8 nitrogen and oxygen atoms in total. The summed E-state index contributed by atoms with van der Waals surface area (Å²) in [6.45, 7) is 0. The maximum Gasteiger partial charge on any atom is 0.269 e. The van der Waals surface area contributed by atoms with Crippen molar-refractivity contribution in [3.63, 3.8) is 0 Å². The van der Waals surface area contributed by atoms with Crippen molar-refractivity contribution in [1.29, 1.82) is 0 Å². The maximum absolute atomic E-state index is 10.7. The largest absolute Gasteiger partial charge is 0.269 e. The molecule has 0 amide bonds. The van der Waals surface area contributed by atoms with Gasteiger partial charge in [-0.2, -0.15) is 0 Å². The zero-order valence-electron chi connectivity index (χ0n) is 16.3. The highest BCUT2D eigenvalue weighted by Gasteiger charge is 2.07. The van der Waals surface area contributed by atoms with Crippen LogP contribution in [0.5, 0.6) is 0 Å². The van der Waals surface area contributed by atoms with Gasteiger partial charge in [-0.25, -0.2) is 0 Å². The Labute approximate surface area is 190 Å². The van der Waals surface area contributed by atoms with Crippen LogP contribution in [0.1, 0.15) is 9.75 Å². The smallest absolute Gasteiger partial charge is 0.258 e. The van der Waals surface area contributed by atoms with Gasteiger partial charge in [-0.15, -0.1) is 22.7 Å². The fourth-order valence-electron chi connectivity index (χ4n) is 2.71. The summed E-state index contributed by atoms with van der Waals surface area (Å²) < 4.78 is 0. The van der Waals surface area contributed by atoms with E-state index in [1.165, 1.54) is 24.3 Å². The molecule has 10 heteroatoms. The molecule has 0 aliphatic heterocycles. The van der Waals surface area contributed by atoms with Gasteiger partial charge in [-0.1, -0.05) is 0 Å². The molecular weight excluding hydrogens is 448 g/mol. The van der Waals surface area contributed by atoms with Crippen molar-refractivity contribution in [2.45, 2.75) is 0 Å². The third kappa shape index (κ3) is 5.17. The lowest BCUT2D eigenvalue weighted by Gasteiger charge is -1.93. The molecule has 0 radical (unpaired) electrons. The van der Waals surface area contributed by atoms with E-state index in [-0.39, 0.29) is 11.4 Å². The lowest BCUT2D eigenvalue weighted by atomic mass is 10.3. The van der Waals surface area contributed by atoms with Gasteiger partial charge in [0.25, 0.3) is 11.4 Å². The second-order valence-electron chi connectivity index (χ2n) is 6.47. The molecule has 2 heterocycles. The molecule has 0 saturated carbocycles. The molecule has 0 N–H and O–H groups in total. The van der Waals surface area contributed by atoms with Crippen LogP contribution in [0.15, 0.2) is 82.8 Å². The summed E-state index contributed by atoms with van der Waals surface area (Å²) in [6, 6.07) is 20.1. The van der Waals surface area contributed by atoms with Crippen LogP contribution in [0.2, 0.25) is 0 Å². The Balaban J connectivity index is 1.42. The Morgan fingerprint density at radius 2 is 0.969 bits per heavy atom. The van der Waals surface area contributed by atoms with Crippen LogP contribution < -0.4 is 0 Å². The van der Waals surface area contributed by atoms with Gasteiger partial charge >= 0.3 is 0 Å². The van der Waals surface area contributed by atoms with Crippen molar-refractivity contribution in [3.8, 4) is 9.75 Å². The lowest BCUT2D eigenvalue weighted by molar-refractivity contribution is -0.385. The fourth-order valence-corrected chi connectivity index (χ4v) is 4.56. The molecule has 32 heavy (non-hydrogen) atoms. The molecule has 0 saturated heterocycles. The van der Waals surface area contributed by atoms with Crippen LogP contribution in [0, 0.1) is 20.2 Å². The van der Waals surface area contributed by atoms with E-state index < -0.39 is 9.85 Å². The first-order valence-corrected chi connectivity index (χ1v) is 10.9. The molecule has 0 aliphatic carbocycles. The molecule has 2 aromatic heterocycles. The van der Waals surface area contributed by atoms with Crippen molar-refractivity contribution >= 4 is 57.9 Å². The first-order chi connectivity index (χ1) is 15.5. The number of aliphatic imine (C=N–C) groups is 2. The van der Waals surface area contributed by atoms with Gasteiger partial charge in [0, 0.05) is 56.2 Å². The highest BCUT2D eigenvalue weighted by Crippen LogP contribution is 2.33. The molecule has 2 aromatic carbocycles. The molecule has 4 rings (SSSR count). The second kappa shape index (κ2) is 9.41. The number of hydrogen-bond donors (Lipinski definition) is 0. The Morgan fingerprint density at radius 1 is 0.594 bits per heavy atom. The van der Waals surface area contributed by atoms with Gasteiger partial charge in [0.2, 0.25) is 0 Å². The van der Waals surface area contributed by atoms with E-state index in [4.69, 9.17) is 0 Å². The summed E-state index contributed by atoms with van der Waals surface area (Å²) >= 11 is 3.18. The van der Waals surface area contributed by atoms with E-state index in [0.717, 1.165) is 19.5 Å². The lowest BCUT2D eigenvalue weighted by Crippen LogP contribution is -1.85. The highest BCUT2D eigenvalue weighted by atomic mass is 32.1. The predicted molar refractivity (Wildman–Crippen MR) is 128 cm³/mol. The number of nitrogens with zero attached hydrogens (tertiary/aromatic N) is 4. The Morgan fingerprint density at radius 3 is 1.31 bits per heavy atom. The van der Waals surface area contributed by atoms with Gasteiger partial charge in [0.05, 0.1) is 21.2 Å². The maximum atomic E-state index is 10.7. The van der Waals surface area contributed by atoms with Crippen molar-refractivity contribution in [1.82, 2.24) is 0 Å². The summed E-state index contributed by atoms with van der Waals surface area (Å²) in [7, 11) is 0. The van der Waals surface area contributed by atoms with Crippen molar-refractivity contribution in [2.24, 2.45) is 9.98 Å². The molecule has 158 valence electrons. The van der Waals surface area contributed by atoms with Gasteiger partial charge in [-0.05, 0) is 48.5 Å². The van der Waals surface area contributed by atoms with E-state index in [1.807, 2.05) is 24.3 Å². The number of benzene rings is 2. The third-order valence-electron chi connectivity index (χ3n) is 4.30. The molecule has 0 atom stereocenters. The quantitative estimate of drug-likeness (QED) is 0.171. The average Bonchev–Trinajstić information content (AvgIpc) is 3.46. The number of non-ortho nitro benzene ring substituents is 2. The van der Waals surface area contributed by atoms with E-state index in [2.05, 4.69) is 9.98 Å². The standard InChI is InChI=1S/C22H14N4O4S2/c27-25(28)17-5-1-15(2-6-17)23-13-19-9-11-21(31-19)22-12-10-20(32-22)14-24-16-3-7-18(8-4-16)26(29)30/h1-14H. The van der Waals surface area contributed by atoms with Crippen LogP contribution in [-0.2, 0) is 0 Å². The average molecular weight is 463 g/mol. The monoisotopic (exact) mass is 462 g/mol. The summed E-state index contributed by atoms with van der Waals surface area (Å²) in [6.07, 6.45) is 3.47. The van der Waals surface area contributed by atoms with E-state index >= 15 is 0 Å². The van der Waals surface area contributed by atoms with Crippen LogP contribution in [-0.4, -0.2) is 22.3 Å². The van der Waals surface area contributed by atoms with Crippen LogP contribution >= 0.6 is 22.7 Å². The summed E-state index contributed by atoms with van der Waals surface area (Å²) in [5.41, 5.74) is 1.36. The van der Waals surface area contributed by atoms with Gasteiger partial charge in [-0.3, -0.25) is 30.2 Å². The Hall–Kier alpha value is -4.02. The van der Waals surface area contributed by atoms with Gasteiger partial charge < -0.3 is 0 Å². The minimum absolute atomic E-state index is 0.0352. The normalized spacial score (nSPS) is 11.4. The second-order valence-corrected chi connectivity index (χ2v) is 8.70. The number of nitro groups is 2. The summed E-state index contributed by atoms with van der Waals surface area (Å²) in [4.78, 5) is 33.4. The van der Waals surface area contributed by atoms with Crippen LogP contribution in [0.25, 0.3) is 9.75 Å². The van der Waals surface area contributed by atoms with Crippen molar-refractivity contribution in [3.05, 3.63) is 103 Å². The van der Waals surface area contributed by atoms with E-state index in [9.17, 15) is 20.2 Å². The van der Waals surface area contributed by atoms with E-state index in [1.54, 1.807) is 59.4 Å². The summed E-state index contributed by atoms with van der Waals surface area (Å²) in [5, 5.41) is 21.4. The minimum Gasteiger partial charge on any atom is -0.258 e. The van der Waals surface area contributed by atoms with Crippen molar-refractivity contribution < 1.29 is 9.85 Å². The topological polar surface area (TPSA) is 111 Å². The van der Waals surface area contributed by atoms with Crippen molar-refractivity contribution in [2.75, 3.05) is 0 Å². The zero-order valence-corrected chi connectivity index (χ0v) is 18.0. The summed E-state index contributed by atoms with van der Waals surface area (Å²) in [5.74, 6) is 0. The van der Waals surface area contributed by atoms with Gasteiger partial charge in [0.1, 0.15) is 0 Å². The van der Waals surface area contributed by atoms with Gasteiger partial charge in [0.15, 0.2) is 0 Å².